The molecule has 0 aromatic heterocycles. The van der Waals surface area contributed by atoms with Gasteiger partial charge in [-0.2, -0.15) is 0 Å². The lowest BCUT2D eigenvalue weighted by Crippen LogP contribution is -2.67. The summed E-state index contributed by atoms with van der Waals surface area (Å²) in [6.45, 7) is -7.59. The SMILES string of the molecule is OC[C@H]1O[C@@H](O[C@@H]2[C@@H](O)[C@H](OC[C@H]3O[C@@H](OC[C@H]4O[C@@H](OC[C@H]5OC(O)[C@H](O)[C@@H](O)[C@@H]5O)[C@H](O)[C@@H](O[C@@H]5O[C@H](CO)[C@@H](O)[C@H](O[C@@H]6O[C@H](CO)[C@@H](O)[C@H](O)[C@H]6O)[C@H]5O)[C@@H]4O)[C@H](O)[C@@H](O)[C@@H]3O)O[C@H](CO[C@@H]3O[C@H](CO)[C@@H](O)[C@@H](O)[C@H]3O)[C@H]2O)[C@H](O)[C@@H](O)[C@@H]1O. The number of rotatable bonds is 22. The molecule has 0 saturated carbocycles. The molecule has 0 amide bonds. The van der Waals surface area contributed by atoms with Crippen LogP contribution in [0, 0.1) is 0 Å². The van der Waals surface area contributed by atoms with Gasteiger partial charge in [0.1, 0.15) is 195 Å². The molecular formula is C48H82O41. The molecule has 89 heavy (non-hydrogen) atoms. The van der Waals surface area contributed by atoms with Gasteiger partial charge in [0.15, 0.2) is 50.3 Å². The Morgan fingerprint density at radius 1 is 0.191 bits per heavy atom. The predicted molar refractivity (Wildman–Crippen MR) is 264 cm³/mol. The first-order valence-electron chi connectivity index (χ1n) is 28.2. The van der Waals surface area contributed by atoms with E-state index in [0.717, 1.165) is 0 Å². The first kappa shape index (κ1) is 73.2. The topological polar surface area (TPSA) is 664 Å². The number of hydrogen-bond donors (Lipinski definition) is 26. The van der Waals surface area contributed by atoms with Crippen molar-refractivity contribution in [3.05, 3.63) is 0 Å². The van der Waals surface area contributed by atoms with Crippen LogP contribution in [0.1, 0.15) is 0 Å². The Kier molecular flexibility index (Phi) is 25.9. The molecule has 41 heteroatoms. The smallest absolute Gasteiger partial charge is 0.187 e. The minimum atomic E-state index is -2.27. The first-order chi connectivity index (χ1) is 42.1. The van der Waals surface area contributed by atoms with E-state index in [0.29, 0.717) is 0 Å². The molecule has 0 aliphatic carbocycles. The summed E-state index contributed by atoms with van der Waals surface area (Å²) < 4.78 is 83.9. The van der Waals surface area contributed by atoms with Crippen LogP contribution in [0.4, 0.5) is 0 Å². The molecule has 0 radical (unpaired) electrons. The molecule has 40 atom stereocenters. The van der Waals surface area contributed by atoms with Gasteiger partial charge < -0.3 is 204 Å². The van der Waals surface area contributed by atoms with Crippen LogP contribution in [0.2, 0.25) is 0 Å². The molecule has 8 fully saturated rings. The van der Waals surface area contributed by atoms with E-state index in [4.69, 9.17) is 71.1 Å². The summed E-state index contributed by atoms with van der Waals surface area (Å²) >= 11 is 0. The highest BCUT2D eigenvalue weighted by Crippen LogP contribution is 2.36. The van der Waals surface area contributed by atoms with Gasteiger partial charge in [0.2, 0.25) is 0 Å². The maximum Gasteiger partial charge on any atom is 0.187 e. The molecule has 0 aromatic carbocycles. The summed E-state index contributed by atoms with van der Waals surface area (Å²) in [5, 5.41) is 277. The third kappa shape index (κ3) is 15.6. The maximum absolute atomic E-state index is 11.8. The lowest BCUT2D eigenvalue weighted by Gasteiger charge is -2.48. The zero-order valence-corrected chi connectivity index (χ0v) is 46.5. The second kappa shape index (κ2) is 31.5. The van der Waals surface area contributed by atoms with Crippen LogP contribution in [0.15, 0.2) is 0 Å². The largest absolute Gasteiger partial charge is 0.394 e. The van der Waals surface area contributed by atoms with Crippen molar-refractivity contribution < 1.29 is 204 Å². The van der Waals surface area contributed by atoms with Crippen LogP contribution >= 0.6 is 0 Å². The van der Waals surface area contributed by atoms with E-state index >= 15 is 0 Å². The maximum atomic E-state index is 11.8. The van der Waals surface area contributed by atoms with Gasteiger partial charge in [-0.05, 0) is 0 Å². The molecule has 0 aromatic rings. The Hall–Kier alpha value is -1.64. The Balaban J connectivity index is 0.985. The molecule has 0 bridgehead atoms. The zero-order valence-electron chi connectivity index (χ0n) is 46.5. The third-order valence-corrected chi connectivity index (χ3v) is 16.6. The second-order valence-electron chi connectivity index (χ2n) is 22.5. The van der Waals surface area contributed by atoms with E-state index in [2.05, 4.69) is 0 Å². The molecule has 8 aliphatic rings. The fourth-order valence-electron chi connectivity index (χ4n) is 11.1. The van der Waals surface area contributed by atoms with Crippen LogP contribution < -0.4 is 0 Å². The number of hydrogen-bond acceptors (Lipinski definition) is 41. The van der Waals surface area contributed by atoms with Gasteiger partial charge in [-0.1, -0.05) is 0 Å². The average Bonchev–Trinajstić information content (AvgIpc) is 1.07. The molecule has 8 heterocycles. The van der Waals surface area contributed by atoms with E-state index in [9.17, 15) is 133 Å². The van der Waals surface area contributed by atoms with Crippen LogP contribution in [-0.2, 0) is 71.1 Å². The van der Waals surface area contributed by atoms with Crippen LogP contribution in [-0.4, -0.2) is 431 Å². The molecular weight excluding hydrogens is 1230 g/mol. The zero-order chi connectivity index (χ0) is 65.4. The fourth-order valence-corrected chi connectivity index (χ4v) is 11.1. The summed E-state index contributed by atoms with van der Waals surface area (Å²) in [5.74, 6) is 0. The highest BCUT2D eigenvalue weighted by Gasteiger charge is 2.57. The molecule has 0 spiro atoms. The van der Waals surface area contributed by atoms with E-state index in [1.807, 2.05) is 0 Å². The van der Waals surface area contributed by atoms with Crippen molar-refractivity contribution in [2.24, 2.45) is 0 Å². The molecule has 8 aliphatic heterocycles. The van der Waals surface area contributed by atoms with Gasteiger partial charge in [-0.15, -0.1) is 0 Å². The van der Waals surface area contributed by atoms with E-state index in [1.165, 1.54) is 0 Å². The standard InChI is InChI=1S/C48H82O41/c49-1-9-17(53)26(62)31(67)42(80-9)75-7-15-23(59)39(88-47-34(70)28(64)19(55)11(3-51)82-47)35(71)45(86-15)78-6-14-21(57)29(65)32(68)43(84-14)76-8-16-24(60)40(36(72)44(85-16)77-5-13-20(56)25(61)30(66)41(74)79-13)89-48-37(73)38(22(58)12(4-52)83-48)87-46-33(69)27(63)18(54)10(2-50)81-46/h9-74H,1-8H2/t9-,10-,11-,12-,13-,14-,15-,16-,17-,18-,19-,20-,21-,22-,23-,24-,25+,26-,27+,28+,29+,30-,31-,32-,33-,34-,35-,36-,37-,38+,39+,40+,41?,42-,43-,44-,45-,46+,47+,48+/m1/s1. The molecule has 520 valence electrons. The molecule has 8 rings (SSSR count). The minimum absolute atomic E-state index is 0.874. The Morgan fingerprint density at radius 3 is 0.719 bits per heavy atom. The first-order valence-corrected chi connectivity index (χ1v) is 28.2. The summed E-state index contributed by atoms with van der Waals surface area (Å²) in [5.41, 5.74) is 0. The molecule has 26 N–H and O–H groups in total. The number of aliphatic hydroxyl groups is 26. The summed E-state index contributed by atoms with van der Waals surface area (Å²) in [4.78, 5) is 0. The highest BCUT2D eigenvalue weighted by molar-refractivity contribution is 5.00. The number of aliphatic hydroxyl groups excluding tert-OH is 26. The second-order valence-corrected chi connectivity index (χ2v) is 22.5. The quantitative estimate of drug-likeness (QED) is 0.0479. The lowest BCUT2D eigenvalue weighted by molar-refractivity contribution is -0.385. The van der Waals surface area contributed by atoms with Crippen molar-refractivity contribution in [2.45, 2.75) is 246 Å². The Labute approximate surface area is 501 Å². The van der Waals surface area contributed by atoms with Crippen molar-refractivity contribution in [3.8, 4) is 0 Å². The monoisotopic (exact) mass is 1310 g/mol. The van der Waals surface area contributed by atoms with Crippen molar-refractivity contribution in [1.82, 2.24) is 0 Å². The molecule has 8 saturated heterocycles. The Bertz CT molecular complexity index is 2130. The van der Waals surface area contributed by atoms with Crippen molar-refractivity contribution in [1.29, 1.82) is 0 Å². The molecule has 1 unspecified atom stereocenters. The van der Waals surface area contributed by atoms with E-state index < -0.39 is 299 Å². The van der Waals surface area contributed by atoms with Crippen molar-refractivity contribution in [2.75, 3.05) is 52.9 Å². The fraction of sp³-hybridized carbons (Fsp3) is 1.00. The van der Waals surface area contributed by atoms with Gasteiger partial charge in [0, 0.05) is 0 Å². The van der Waals surface area contributed by atoms with E-state index in [1.54, 1.807) is 0 Å². The number of ether oxygens (including phenoxy) is 15. The van der Waals surface area contributed by atoms with Crippen LogP contribution in [0.3, 0.4) is 0 Å². The van der Waals surface area contributed by atoms with Gasteiger partial charge in [-0.25, -0.2) is 0 Å². The predicted octanol–water partition coefficient (Wildman–Crippen LogP) is -18.5. The summed E-state index contributed by atoms with van der Waals surface area (Å²) in [6, 6.07) is 0. The van der Waals surface area contributed by atoms with Gasteiger partial charge in [0.05, 0.1) is 52.9 Å². The normalized spacial score (nSPS) is 53.6. The van der Waals surface area contributed by atoms with Crippen LogP contribution in [0.5, 0.6) is 0 Å². The third-order valence-electron chi connectivity index (χ3n) is 16.6. The summed E-state index contributed by atoms with van der Waals surface area (Å²) in [7, 11) is 0. The lowest BCUT2D eigenvalue weighted by atomic mass is 9.96. The highest BCUT2D eigenvalue weighted by atomic mass is 16.8. The van der Waals surface area contributed by atoms with Crippen LogP contribution in [0.25, 0.3) is 0 Å². The van der Waals surface area contributed by atoms with Gasteiger partial charge in [0.25, 0.3) is 0 Å². The molecule has 41 nitrogen and oxygen atoms in total. The van der Waals surface area contributed by atoms with Gasteiger partial charge in [-0.3, -0.25) is 0 Å². The van der Waals surface area contributed by atoms with Crippen molar-refractivity contribution >= 4 is 0 Å². The van der Waals surface area contributed by atoms with E-state index in [-0.39, 0.29) is 0 Å². The summed E-state index contributed by atoms with van der Waals surface area (Å²) in [6.07, 6.45) is -79.5. The average molecular weight is 1320 g/mol. The Morgan fingerprint density at radius 2 is 0.393 bits per heavy atom. The van der Waals surface area contributed by atoms with Crippen molar-refractivity contribution in [3.63, 3.8) is 0 Å². The minimum Gasteiger partial charge on any atom is -0.394 e. The van der Waals surface area contributed by atoms with Gasteiger partial charge >= 0.3 is 0 Å².